The molecule has 0 radical (unpaired) electrons. The molecular weight excluding hydrogens is 330 g/mol. The molecule has 0 aliphatic heterocycles. The lowest BCUT2D eigenvalue weighted by molar-refractivity contribution is 0.476. The van der Waals surface area contributed by atoms with E-state index in [0.29, 0.717) is 6.04 Å². The molecule has 1 aromatic carbocycles. The van der Waals surface area contributed by atoms with Crippen LogP contribution in [0.15, 0.2) is 35.1 Å². The van der Waals surface area contributed by atoms with Crippen LogP contribution in [0.4, 0.5) is 0 Å². The summed E-state index contributed by atoms with van der Waals surface area (Å²) >= 11 is 3.60. The van der Waals surface area contributed by atoms with Gasteiger partial charge in [-0.2, -0.15) is 5.10 Å². The lowest BCUT2D eigenvalue weighted by Crippen LogP contribution is -2.14. The summed E-state index contributed by atoms with van der Waals surface area (Å²) in [5, 5.41) is 7.66. The Hall–Kier alpha value is -1.33. The zero-order valence-electron chi connectivity index (χ0n) is 12.8. The molecule has 1 N–H and O–H groups in total. The van der Waals surface area contributed by atoms with Gasteiger partial charge in [-0.3, -0.25) is 4.68 Å². The van der Waals surface area contributed by atoms with Gasteiger partial charge in [0.15, 0.2) is 5.75 Å². The van der Waals surface area contributed by atoms with Crippen LogP contribution in [0, 0.1) is 0 Å². The van der Waals surface area contributed by atoms with Crippen LogP contribution >= 0.6 is 15.9 Å². The Morgan fingerprint density at radius 1 is 1.33 bits per heavy atom. The summed E-state index contributed by atoms with van der Waals surface area (Å²) in [6.07, 6.45) is 4.79. The highest BCUT2D eigenvalue weighted by molar-refractivity contribution is 9.10. The third kappa shape index (κ3) is 4.58. The molecule has 5 heteroatoms. The third-order valence-electron chi connectivity index (χ3n) is 3.11. The van der Waals surface area contributed by atoms with Crippen molar-refractivity contribution in [3.8, 4) is 11.5 Å². The van der Waals surface area contributed by atoms with E-state index in [9.17, 15) is 0 Å². The standard InChI is InChI=1S/C16H22BrN3O/c1-4-7-18-9-13-5-6-14(8-16(13)17)21-15-10-19-20(11-15)12(2)3/h5-6,8,10-12,18H,4,7,9H2,1-3H3. The highest BCUT2D eigenvalue weighted by Gasteiger charge is 2.06. The molecule has 4 nitrogen and oxygen atoms in total. The Morgan fingerprint density at radius 2 is 2.14 bits per heavy atom. The van der Waals surface area contributed by atoms with Crippen LogP contribution in [0.2, 0.25) is 0 Å². The molecule has 2 rings (SSSR count). The van der Waals surface area contributed by atoms with Gasteiger partial charge in [-0.1, -0.05) is 28.9 Å². The minimum Gasteiger partial charge on any atom is -0.454 e. The molecule has 0 fully saturated rings. The second kappa shape index (κ2) is 7.61. The van der Waals surface area contributed by atoms with Crippen molar-refractivity contribution in [3.63, 3.8) is 0 Å². The summed E-state index contributed by atoms with van der Waals surface area (Å²) in [4.78, 5) is 0. The van der Waals surface area contributed by atoms with E-state index in [1.807, 2.05) is 23.0 Å². The maximum atomic E-state index is 5.84. The fraction of sp³-hybridized carbons (Fsp3) is 0.438. The van der Waals surface area contributed by atoms with Gasteiger partial charge in [0.2, 0.25) is 0 Å². The Balaban J connectivity index is 2.02. The normalized spacial score (nSPS) is 11.1. The summed E-state index contributed by atoms with van der Waals surface area (Å²) in [6.45, 7) is 8.23. The number of hydrogen-bond donors (Lipinski definition) is 1. The molecular formula is C16H22BrN3O. The zero-order valence-corrected chi connectivity index (χ0v) is 14.4. The number of nitrogens with zero attached hydrogens (tertiary/aromatic N) is 2. The zero-order chi connectivity index (χ0) is 15.2. The summed E-state index contributed by atoms with van der Waals surface area (Å²) in [5.74, 6) is 1.57. The molecule has 114 valence electrons. The minimum atomic E-state index is 0.334. The van der Waals surface area contributed by atoms with Gasteiger partial charge in [0.1, 0.15) is 5.75 Å². The molecule has 0 saturated heterocycles. The van der Waals surface area contributed by atoms with E-state index in [1.54, 1.807) is 6.20 Å². The highest BCUT2D eigenvalue weighted by Crippen LogP contribution is 2.27. The van der Waals surface area contributed by atoms with Crippen molar-refractivity contribution in [1.29, 1.82) is 0 Å². The highest BCUT2D eigenvalue weighted by atomic mass is 79.9. The number of nitrogens with one attached hydrogen (secondary N) is 1. The smallest absolute Gasteiger partial charge is 0.165 e. The lowest BCUT2D eigenvalue weighted by atomic mass is 10.2. The van der Waals surface area contributed by atoms with Crippen LogP contribution in [-0.2, 0) is 6.54 Å². The third-order valence-corrected chi connectivity index (χ3v) is 3.85. The van der Waals surface area contributed by atoms with Crippen molar-refractivity contribution in [1.82, 2.24) is 15.1 Å². The predicted octanol–water partition coefficient (Wildman–Crippen LogP) is 4.52. The number of benzene rings is 1. The molecule has 21 heavy (non-hydrogen) atoms. The van der Waals surface area contributed by atoms with Crippen molar-refractivity contribution in [2.24, 2.45) is 0 Å². The summed E-state index contributed by atoms with van der Waals surface area (Å²) in [7, 11) is 0. The molecule has 0 aliphatic rings. The quantitative estimate of drug-likeness (QED) is 0.745. The summed E-state index contributed by atoms with van der Waals surface area (Å²) < 4.78 is 8.77. The molecule has 1 aromatic heterocycles. The predicted molar refractivity (Wildman–Crippen MR) is 88.8 cm³/mol. The van der Waals surface area contributed by atoms with E-state index in [1.165, 1.54) is 5.56 Å². The molecule has 0 unspecified atom stereocenters. The second-order valence-electron chi connectivity index (χ2n) is 5.28. The second-order valence-corrected chi connectivity index (χ2v) is 6.14. The van der Waals surface area contributed by atoms with Crippen LogP contribution in [0.25, 0.3) is 0 Å². The van der Waals surface area contributed by atoms with Crippen molar-refractivity contribution in [2.75, 3.05) is 6.54 Å². The van der Waals surface area contributed by atoms with Gasteiger partial charge in [0.25, 0.3) is 0 Å². The molecule has 0 aliphatic carbocycles. The van der Waals surface area contributed by atoms with Gasteiger partial charge < -0.3 is 10.1 Å². The van der Waals surface area contributed by atoms with Gasteiger partial charge >= 0.3 is 0 Å². The van der Waals surface area contributed by atoms with Crippen LogP contribution in [-0.4, -0.2) is 16.3 Å². The molecule has 0 atom stereocenters. The van der Waals surface area contributed by atoms with Gasteiger partial charge in [-0.25, -0.2) is 0 Å². The number of ether oxygens (including phenoxy) is 1. The van der Waals surface area contributed by atoms with Crippen molar-refractivity contribution >= 4 is 15.9 Å². The van der Waals surface area contributed by atoms with E-state index in [0.717, 1.165) is 35.5 Å². The molecule has 0 bridgehead atoms. The average Bonchev–Trinajstić information content (AvgIpc) is 2.90. The van der Waals surface area contributed by atoms with Crippen LogP contribution < -0.4 is 10.1 Å². The first kappa shape index (κ1) is 16.0. The van der Waals surface area contributed by atoms with Crippen LogP contribution in [0.1, 0.15) is 38.8 Å². The van der Waals surface area contributed by atoms with E-state index in [4.69, 9.17) is 4.74 Å². The SMILES string of the molecule is CCCNCc1ccc(Oc2cnn(C(C)C)c2)cc1Br. The number of rotatable bonds is 7. The van der Waals surface area contributed by atoms with Gasteiger partial charge in [0.05, 0.1) is 12.4 Å². The minimum absolute atomic E-state index is 0.334. The maximum Gasteiger partial charge on any atom is 0.165 e. The average molecular weight is 352 g/mol. The first-order valence-corrected chi connectivity index (χ1v) is 8.10. The Labute approximate surface area is 134 Å². The first-order valence-electron chi connectivity index (χ1n) is 7.31. The van der Waals surface area contributed by atoms with Crippen molar-refractivity contribution in [2.45, 2.75) is 39.8 Å². The van der Waals surface area contributed by atoms with Gasteiger partial charge in [0, 0.05) is 17.1 Å². The van der Waals surface area contributed by atoms with Crippen LogP contribution in [0.5, 0.6) is 11.5 Å². The van der Waals surface area contributed by atoms with Crippen molar-refractivity contribution in [3.05, 3.63) is 40.6 Å². The number of aromatic nitrogens is 2. The maximum absolute atomic E-state index is 5.84. The first-order chi connectivity index (χ1) is 10.1. The molecule has 0 amide bonds. The van der Waals surface area contributed by atoms with E-state index >= 15 is 0 Å². The number of halogens is 1. The van der Waals surface area contributed by atoms with Gasteiger partial charge in [-0.15, -0.1) is 0 Å². The lowest BCUT2D eigenvalue weighted by Gasteiger charge is -2.09. The van der Waals surface area contributed by atoms with Gasteiger partial charge in [-0.05, 0) is 44.5 Å². The van der Waals surface area contributed by atoms with Crippen molar-refractivity contribution < 1.29 is 4.74 Å². The molecule has 0 saturated carbocycles. The molecule has 2 aromatic rings. The van der Waals surface area contributed by atoms with E-state index < -0.39 is 0 Å². The van der Waals surface area contributed by atoms with E-state index in [-0.39, 0.29) is 0 Å². The Bertz CT molecular complexity index is 581. The summed E-state index contributed by atoms with van der Waals surface area (Å²) in [5.41, 5.74) is 1.23. The topological polar surface area (TPSA) is 39.1 Å². The fourth-order valence-electron chi connectivity index (χ4n) is 1.93. The number of hydrogen-bond acceptors (Lipinski definition) is 3. The fourth-order valence-corrected chi connectivity index (χ4v) is 2.42. The Kier molecular flexibility index (Phi) is 5.82. The largest absolute Gasteiger partial charge is 0.454 e. The molecule has 1 heterocycles. The van der Waals surface area contributed by atoms with E-state index in [2.05, 4.69) is 53.2 Å². The monoisotopic (exact) mass is 351 g/mol. The summed E-state index contributed by atoms with van der Waals surface area (Å²) in [6, 6.07) is 6.39. The molecule has 0 spiro atoms. The van der Waals surface area contributed by atoms with Crippen LogP contribution in [0.3, 0.4) is 0 Å². The Morgan fingerprint density at radius 3 is 2.76 bits per heavy atom.